The fourth-order valence-corrected chi connectivity index (χ4v) is 5.46. The summed E-state index contributed by atoms with van der Waals surface area (Å²) in [7, 11) is 0. The molecular formula is C21H28N6O2S. The standard InChI is InChI=1S/C21H28N6O2S/c1-14-10-22-13-24-19(14)27-8-6-21(7-9-27)5-4-16(29-12-21)11-23-20(28)17-18(15-2-3-15)30-26-25-17/h10,13,15-16H,2-9,11-12H2,1H3,(H,23,28)/t16-/m0/s1. The number of hydrogen-bond donors (Lipinski definition) is 1. The van der Waals surface area contributed by atoms with Crippen molar-refractivity contribution in [3.05, 3.63) is 28.7 Å². The zero-order chi connectivity index (χ0) is 20.6. The lowest BCUT2D eigenvalue weighted by Gasteiger charge is -2.46. The number of piperidine rings is 1. The van der Waals surface area contributed by atoms with Gasteiger partial charge >= 0.3 is 0 Å². The molecule has 1 atom stereocenters. The maximum Gasteiger partial charge on any atom is 0.273 e. The number of ether oxygens (including phenoxy) is 1. The molecule has 1 aliphatic carbocycles. The van der Waals surface area contributed by atoms with Crippen LogP contribution in [-0.4, -0.2) is 57.8 Å². The van der Waals surface area contributed by atoms with Gasteiger partial charge in [-0.15, -0.1) is 5.10 Å². The Labute approximate surface area is 180 Å². The smallest absolute Gasteiger partial charge is 0.273 e. The van der Waals surface area contributed by atoms with E-state index in [1.165, 1.54) is 11.5 Å². The van der Waals surface area contributed by atoms with Crippen LogP contribution in [-0.2, 0) is 4.74 Å². The van der Waals surface area contributed by atoms with Crippen LogP contribution in [0.3, 0.4) is 0 Å². The van der Waals surface area contributed by atoms with Gasteiger partial charge in [-0.25, -0.2) is 9.97 Å². The Morgan fingerprint density at radius 2 is 2.13 bits per heavy atom. The lowest BCUT2D eigenvalue weighted by molar-refractivity contribution is -0.0700. The molecule has 2 aromatic heterocycles. The second-order valence-corrected chi connectivity index (χ2v) is 9.74. The Balaban J connectivity index is 1.10. The molecule has 0 aromatic carbocycles. The molecule has 160 valence electrons. The molecule has 9 heteroatoms. The van der Waals surface area contributed by atoms with Crippen LogP contribution in [0.5, 0.6) is 0 Å². The summed E-state index contributed by atoms with van der Waals surface area (Å²) in [6.45, 7) is 5.39. The molecule has 3 aliphatic rings. The van der Waals surface area contributed by atoms with Crippen LogP contribution in [0.2, 0.25) is 0 Å². The first-order valence-electron chi connectivity index (χ1n) is 10.9. The van der Waals surface area contributed by atoms with E-state index in [1.54, 1.807) is 6.33 Å². The lowest BCUT2D eigenvalue weighted by Crippen LogP contribution is -2.48. The number of carbonyl (C=O) groups excluding carboxylic acids is 1. The number of nitrogens with zero attached hydrogens (tertiary/aromatic N) is 5. The Morgan fingerprint density at radius 3 is 2.83 bits per heavy atom. The number of amides is 1. The molecule has 1 amide bonds. The van der Waals surface area contributed by atoms with Gasteiger partial charge in [0, 0.05) is 31.4 Å². The minimum absolute atomic E-state index is 0.0812. The molecule has 0 radical (unpaired) electrons. The van der Waals surface area contributed by atoms with Crippen molar-refractivity contribution in [1.29, 1.82) is 0 Å². The molecule has 1 spiro atoms. The molecular weight excluding hydrogens is 400 g/mol. The van der Waals surface area contributed by atoms with Gasteiger partial charge in [-0.1, -0.05) is 4.49 Å². The molecule has 0 unspecified atom stereocenters. The Hall–Kier alpha value is -2.13. The van der Waals surface area contributed by atoms with E-state index in [2.05, 4.69) is 36.7 Å². The van der Waals surface area contributed by atoms with Crippen LogP contribution < -0.4 is 10.2 Å². The van der Waals surface area contributed by atoms with Crippen molar-refractivity contribution in [2.24, 2.45) is 5.41 Å². The van der Waals surface area contributed by atoms with Crippen LogP contribution in [0.1, 0.15) is 65.4 Å². The van der Waals surface area contributed by atoms with Crippen molar-refractivity contribution in [1.82, 2.24) is 24.9 Å². The first-order chi connectivity index (χ1) is 14.6. The molecule has 8 nitrogen and oxygen atoms in total. The third-order valence-corrected chi connectivity index (χ3v) is 7.67. The van der Waals surface area contributed by atoms with E-state index in [4.69, 9.17) is 4.74 Å². The van der Waals surface area contributed by atoms with Crippen molar-refractivity contribution in [3.63, 3.8) is 0 Å². The van der Waals surface area contributed by atoms with E-state index in [0.717, 1.165) is 74.5 Å². The predicted octanol–water partition coefficient (Wildman–Crippen LogP) is 2.71. The van der Waals surface area contributed by atoms with Gasteiger partial charge < -0.3 is 15.0 Å². The molecule has 1 N–H and O–H groups in total. The van der Waals surface area contributed by atoms with Gasteiger partial charge in [0.05, 0.1) is 17.6 Å². The van der Waals surface area contributed by atoms with E-state index in [9.17, 15) is 4.79 Å². The van der Waals surface area contributed by atoms with Gasteiger partial charge in [0.2, 0.25) is 0 Å². The largest absolute Gasteiger partial charge is 0.376 e. The Kier molecular flexibility index (Phi) is 5.41. The SMILES string of the molecule is Cc1cncnc1N1CCC2(CC[C@@H](CNC(=O)c3nnsc3C3CC3)OC2)CC1. The number of carbonyl (C=O) groups is 1. The highest BCUT2D eigenvalue weighted by atomic mass is 32.1. The summed E-state index contributed by atoms with van der Waals surface area (Å²) in [5.41, 5.74) is 1.90. The van der Waals surface area contributed by atoms with Gasteiger partial charge in [0.15, 0.2) is 5.69 Å². The number of nitrogens with one attached hydrogen (secondary N) is 1. The summed E-state index contributed by atoms with van der Waals surface area (Å²) in [6.07, 6.45) is 10.2. The number of hydrogen-bond acceptors (Lipinski definition) is 8. The zero-order valence-electron chi connectivity index (χ0n) is 17.3. The number of anilines is 1. The third kappa shape index (κ3) is 4.05. The van der Waals surface area contributed by atoms with Crippen molar-refractivity contribution in [2.75, 3.05) is 31.1 Å². The molecule has 4 heterocycles. The van der Waals surface area contributed by atoms with Gasteiger partial charge in [-0.05, 0) is 68.3 Å². The second kappa shape index (κ2) is 8.19. The van der Waals surface area contributed by atoms with Crippen LogP contribution in [0.25, 0.3) is 0 Å². The molecule has 3 fully saturated rings. The summed E-state index contributed by atoms with van der Waals surface area (Å²) in [5.74, 6) is 1.44. The van der Waals surface area contributed by atoms with Gasteiger partial charge in [-0.2, -0.15) is 0 Å². The Morgan fingerprint density at radius 1 is 1.30 bits per heavy atom. The minimum atomic E-state index is -0.108. The van der Waals surface area contributed by atoms with Crippen molar-refractivity contribution < 1.29 is 9.53 Å². The van der Waals surface area contributed by atoms with E-state index in [1.807, 2.05) is 6.20 Å². The molecule has 0 bridgehead atoms. The summed E-state index contributed by atoms with van der Waals surface area (Å²) >= 11 is 1.36. The molecule has 30 heavy (non-hydrogen) atoms. The van der Waals surface area contributed by atoms with Crippen LogP contribution >= 0.6 is 11.5 Å². The van der Waals surface area contributed by atoms with Crippen LogP contribution in [0.4, 0.5) is 5.82 Å². The van der Waals surface area contributed by atoms with E-state index < -0.39 is 0 Å². The van der Waals surface area contributed by atoms with E-state index in [0.29, 0.717) is 18.2 Å². The molecule has 2 saturated heterocycles. The summed E-state index contributed by atoms with van der Waals surface area (Å²) in [6, 6.07) is 0. The van der Waals surface area contributed by atoms with E-state index in [-0.39, 0.29) is 17.4 Å². The maximum atomic E-state index is 12.5. The van der Waals surface area contributed by atoms with E-state index >= 15 is 0 Å². The lowest BCUT2D eigenvalue weighted by atomic mass is 9.73. The topological polar surface area (TPSA) is 93.1 Å². The fourth-order valence-electron chi connectivity index (χ4n) is 4.65. The third-order valence-electron chi connectivity index (χ3n) is 6.78. The molecule has 2 aromatic rings. The van der Waals surface area contributed by atoms with Crippen LogP contribution in [0.15, 0.2) is 12.5 Å². The first kappa shape index (κ1) is 19.8. The summed E-state index contributed by atoms with van der Waals surface area (Å²) in [5, 5.41) is 7.07. The van der Waals surface area contributed by atoms with Crippen LogP contribution in [0, 0.1) is 12.3 Å². The highest BCUT2D eigenvalue weighted by Crippen LogP contribution is 2.43. The first-order valence-corrected chi connectivity index (χ1v) is 11.6. The van der Waals surface area contributed by atoms with Gasteiger partial charge in [-0.3, -0.25) is 4.79 Å². The van der Waals surface area contributed by atoms with Crippen molar-refractivity contribution >= 4 is 23.3 Å². The highest BCUT2D eigenvalue weighted by Gasteiger charge is 2.39. The maximum absolute atomic E-state index is 12.5. The average molecular weight is 429 g/mol. The number of aromatic nitrogens is 4. The quantitative estimate of drug-likeness (QED) is 0.783. The average Bonchev–Trinajstić information content (AvgIpc) is 3.50. The normalized spacial score (nSPS) is 23.5. The van der Waals surface area contributed by atoms with Gasteiger partial charge in [0.1, 0.15) is 12.1 Å². The predicted molar refractivity (Wildman–Crippen MR) is 114 cm³/mol. The van der Waals surface area contributed by atoms with Gasteiger partial charge in [0.25, 0.3) is 5.91 Å². The molecule has 1 saturated carbocycles. The van der Waals surface area contributed by atoms with Crippen molar-refractivity contribution in [2.45, 2.75) is 57.5 Å². The monoisotopic (exact) mass is 428 g/mol. The zero-order valence-corrected chi connectivity index (χ0v) is 18.2. The fraction of sp³-hybridized carbons (Fsp3) is 0.667. The van der Waals surface area contributed by atoms with Crippen molar-refractivity contribution in [3.8, 4) is 0 Å². The molecule has 2 aliphatic heterocycles. The molecule has 5 rings (SSSR count). The second-order valence-electron chi connectivity index (χ2n) is 8.96. The summed E-state index contributed by atoms with van der Waals surface area (Å²) < 4.78 is 10.2. The number of rotatable bonds is 5. The summed E-state index contributed by atoms with van der Waals surface area (Å²) in [4.78, 5) is 24.5. The highest BCUT2D eigenvalue weighted by molar-refractivity contribution is 7.06. The minimum Gasteiger partial charge on any atom is -0.376 e. The number of aryl methyl sites for hydroxylation is 1. The Bertz CT molecular complexity index is 896.